The lowest BCUT2D eigenvalue weighted by Gasteiger charge is -2.12. The molecule has 2 aromatic rings. The van der Waals surface area contributed by atoms with Gasteiger partial charge in [-0.1, -0.05) is 54.6 Å². The SMILES string of the molecule is O=C(CCCNC(=O)C1CC1)NCc1ccccc1COCc1ccccc1. The van der Waals surface area contributed by atoms with Crippen LogP contribution in [0, 0.1) is 5.92 Å². The molecular weight excluding hydrogens is 352 g/mol. The maximum Gasteiger partial charge on any atom is 0.223 e. The Labute approximate surface area is 166 Å². The van der Waals surface area contributed by atoms with Crippen molar-refractivity contribution in [2.75, 3.05) is 6.54 Å². The van der Waals surface area contributed by atoms with E-state index in [0.29, 0.717) is 39.1 Å². The lowest BCUT2D eigenvalue weighted by Crippen LogP contribution is -2.28. The van der Waals surface area contributed by atoms with Gasteiger partial charge >= 0.3 is 0 Å². The first kappa shape index (κ1) is 20.1. The topological polar surface area (TPSA) is 67.4 Å². The van der Waals surface area contributed by atoms with Crippen LogP contribution in [0.4, 0.5) is 0 Å². The number of benzene rings is 2. The quantitative estimate of drug-likeness (QED) is 0.588. The Morgan fingerprint density at radius 3 is 2.36 bits per heavy atom. The zero-order valence-corrected chi connectivity index (χ0v) is 16.2. The van der Waals surface area contributed by atoms with Crippen LogP contribution >= 0.6 is 0 Å². The van der Waals surface area contributed by atoms with Gasteiger partial charge in [0.1, 0.15) is 0 Å². The highest BCUT2D eigenvalue weighted by Crippen LogP contribution is 2.28. The predicted octanol–water partition coefficient (Wildman–Crippen LogP) is 3.33. The van der Waals surface area contributed by atoms with Gasteiger partial charge in [-0.3, -0.25) is 9.59 Å². The fraction of sp³-hybridized carbons (Fsp3) is 0.391. The van der Waals surface area contributed by atoms with Crippen molar-refractivity contribution >= 4 is 11.8 Å². The van der Waals surface area contributed by atoms with Crippen LogP contribution in [-0.4, -0.2) is 18.4 Å². The van der Waals surface area contributed by atoms with Crippen molar-refractivity contribution in [1.82, 2.24) is 10.6 Å². The standard InChI is InChI=1S/C23H28N2O3/c26-22(11-6-14-24-23(27)19-12-13-19)25-15-20-9-4-5-10-21(20)17-28-16-18-7-2-1-3-8-18/h1-5,7-10,19H,6,11-17H2,(H,24,27)(H,25,26). The Morgan fingerprint density at radius 2 is 1.61 bits per heavy atom. The monoisotopic (exact) mass is 380 g/mol. The molecule has 0 unspecified atom stereocenters. The number of amides is 2. The third kappa shape index (κ3) is 6.82. The summed E-state index contributed by atoms with van der Waals surface area (Å²) in [6.45, 7) is 2.12. The number of nitrogens with one attached hydrogen (secondary N) is 2. The molecule has 0 heterocycles. The van der Waals surface area contributed by atoms with Crippen molar-refractivity contribution in [2.45, 2.75) is 45.4 Å². The summed E-state index contributed by atoms with van der Waals surface area (Å²) < 4.78 is 5.83. The minimum Gasteiger partial charge on any atom is -0.372 e. The van der Waals surface area contributed by atoms with Crippen LogP contribution < -0.4 is 10.6 Å². The average molecular weight is 380 g/mol. The Hall–Kier alpha value is -2.66. The Morgan fingerprint density at radius 1 is 0.893 bits per heavy atom. The zero-order valence-electron chi connectivity index (χ0n) is 16.2. The van der Waals surface area contributed by atoms with Crippen LogP contribution in [-0.2, 0) is 34.1 Å². The molecule has 1 aliphatic rings. The van der Waals surface area contributed by atoms with Gasteiger partial charge in [0.15, 0.2) is 0 Å². The van der Waals surface area contributed by atoms with Gasteiger partial charge in [0.25, 0.3) is 0 Å². The van der Waals surface area contributed by atoms with Crippen LogP contribution in [0.25, 0.3) is 0 Å². The minimum atomic E-state index is 0.000628. The molecule has 0 aliphatic heterocycles. The fourth-order valence-electron chi connectivity index (χ4n) is 2.96. The normalized spacial score (nSPS) is 13.1. The van der Waals surface area contributed by atoms with E-state index in [4.69, 9.17) is 4.74 Å². The summed E-state index contributed by atoms with van der Waals surface area (Å²) in [6, 6.07) is 18.1. The summed E-state index contributed by atoms with van der Waals surface area (Å²) in [7, 11) is 0. The second-order valence-corrected chi connectivity index (χ2v) is 7.19. The molecule has 1 saturated carbocycles. The molecule has 148 valence electrons. The smallest absolute Gasteiger partial charge is 0.223 e. The number of hydrogen-bond donors (Lipinski definition) is 2. The van der Waals surface area contributed by atoms with E-state index in [-0.39, 0.29) is 17.7 Å². The molecule has 0 radical (unpaired) electrons. The van der Waals surface area contributed by atoms with E-state index in [2.05, 4.69) is 10.6 Å². The van der Waals surface area contributed by atoms with Gasteiger partial charge in [0.2, 0.25) is 11.8 Å². The minimum absolute atomic E-state index is 0.000628. The van der Waals surface area contributed by atoms with Crippen LogP contribution in [0.2, 0.25) is 0 Å². The first-order valence-electron chi connectivity index (χ1n) is 9.95. The molecule has 0 aromatic heterocycles. The molecule has 2 aromatic carbocycles. The summed E-state index contributed by atoms with van der Waals surface area (Å²) in [4.78, 5) is 23.6. The highest BCUT2D eigenvalue weighted by molar-refractivity contribution is 5.81. The van der Waals surface area contributed by atoms with E-state index in [9.17, 15) is 9.59 Å². The number of ether oxygens (including phenoxy) is 1. The molecule has 28 heavy (non-hydrogen) atoms. The first-order chi connectivity index (χ1) is 13.7. The number of hydrogen-bond acceptors (Lipinski definition) is 3. The predicted molar refractivity (Wildman–Crippen MR) is 108 cm³/mol. The number of carbonyl (C=O) groups excluding carboxylic acids is 2. The Bertz CT molecular complexity index is 772. The molecule has 1 aliphatic carbocycles. The van der Waals surface area contributed by atoms with Gasteiger partial charge in [0.05, 0.1) is 13.2 Å². The summed E-state index contributed by atoms with van der Waals surface area (Å²) in [5.41, 5.74) is 3.28. The molecule has 2 N–H and O–H groups in total. The summed E-state index contributed by atoms with van der Waals surface area (Å²) in [5, 5.41) is 5.85. The van der Waals surface area contributed by atoms with Crippen molar-refractivity contribution in [2.24, 2.45) is 5.92 Å². The van der Waals surface area contributed by atoms with Gasteiger partial charge in [-0.15, -0.1) is 0 Å². The van der Waals surface area contributed by atoms with Crippen LogP contribution in [0.5, 0.6) is 0 Å². The van der Waals surface area contributed by atoms with Gasteiger partial charge in [0, 0.05) is 25.4 Å². The van der Waals surface area contributed by atoms with E-state index in [1.165, 1.54) is 0 Å². The number of carbonyl (C=O) groups is 2. The third-order valence-corrected chi connectivity index (χ3v) is 4.79. The van der Waals surface area contributed by atoms with Gasteiger partial charge in [-0.25, -0.2) is 0 Å². The van der Waals surface area contributed by atoms with E-state index in [0.717, 1.165) is 29.5 Å². The maximum atomic E-state index is 12.1. The molecule has 0 atom stereocenters. The fourth-order valence-corrected chi connectivity index (χ4v) is 2.96. The van der Waals surface area contributed by atoms with Gasteiger partial charge in [-0.2, -0.15) is 0 Å². The Balaban J connectivity index is 1.36. The molecule has 0 bridgehead atoms. The van der Waals surface area contributed by atoms with Crippen LogP contribution in [0.3, 0.4) is 0 Å². The molecule has 1 fully saturated rings. The van der Waals surface area contributed by atoms with Crippen molar-refractivity contribution in [1.29, 1.82) is 0 Å². The highest BCUT2D eigenvalue weighted by Gasteiger charge is 2.28. The molecule has 0 saturated heterocycles. The molecular formula is C23H28N2O3. The Kier molecular flexibility index (Phi) is 7.62. The molecule has 0 spiro atoms. The molecule has 5 heteroatoms. The van der Waals surface area contributed by atoms with E-state index < -0.39 is 0 Å². The lowest BCUT2D eigenvalue weighted by atomic mass is 10.1. The average Bonchev–Trinajstić information content (AvgIpc) is 3.56. The van der Waals surface area contributed by atoms with Crippen LogP contribution in [0.15, 0.2) is 54.6 Å². The zero-order chi connectivity index (χ0) is 19.6. The van der Waals surface area contributed by atoms with E-state index in [1.54, 1.807) is 0 Å². The van der Waals surface area contributed by atoms with Crippen molar-refractivity contribution in [3.05, 3.63) is 71.3 Å². The maximum absolute atomic E-state index is 12.1. The van der Waals surface area contributed by atoms with Gasteiger partial charge in [-0.05, 0) is 36.0 Å². The first-order valence-corrected chi connectivity index (χ1v) is 9.95. The molecule has 5 nitrogen and oxygen atoms in total. The van der Waals surface area contributed by atoms with Crippen molar-refractivity contribution in [3.8, 4) is 0 Å². The summed E-state index contributed by atoms with van der Waals surface area (Å²) >= 11 is 0. The van der Waals surface area contributed by atoms with Crippen molar-refractivity contribution in [3.63, 3.8) is 0 Å². The molecule has 2 amide bonds. The van der Waals surface area contributed by atoms with E-state index >= 15 is 0 Å². The largest absolute Gasteiger partial charge is 0.372 e. The van der Waals surface area contributed by atoms with Crippen molar-refractivity contribution < 1.29 is 14.3 Å². The lowest BCUT2D eigenvalue weighted by molar-refractivity contribution is -0.123. The van der Waals surface area contributed by atoms with Gasteiger partial charge < -0.3 is 15.4 Å². The van der Waals surface area contributed by atoms with Crippen LogP contribution in [0.1, 0.15) is 42.4 Å². The van der Waals surface area contributed by atoms with E-state index in [1.807, 2.05) is 54.6 Å². The second kappa shape index (κ2) is 10.6. The highest BCUT2D eigenvalue weighted by atomic mass is 16.5. The second-order valence-electron chi connectivity index (χ2n) is 7.19. The summed E-state index contributed by atoms with van der Waals surface area (Å²) in [6.07, 6.45) is 3.07. The molecule has 3 rings (SSSR count). The number of rotatable bonds is 11. The third-order valence-electron chi connectivity index (χ3n) is 4.79. The summed E-state index contributed by atoms with van der Waals surface area (Å²) in [5.74, 6) is 0.347.